The molecule has 0 amide bonds. The molecule has 3 rings (SSSR count). The van der Waals surface area contributed by atoms with Gasteiger partial charge in [-0.05, 0) is 46.1 Å². The zero-order chi connectivity index (χ0) is 14.8. The highest BCUT2D eigenvalue weighted by Gasteiger charge is 2.37. The number of aliphatic hydroxyl groups is 1. The number of hydrogen-bond acceptors (Lipinski definition) is 3. The van der Waals surface area contributed by atoms with Crippen LogP contribution in [0.5, 0.6) is 0 Å². The predicted molar refractivity (Wildman–Crippen MR) is 84.0 cm³/mol. The van der Waals surface area contributed by atoms with E-state index in [-0.39, 0.29) is 6.10 Å². The first-order valence-electron chi connectivity index (χ1n) is 8.59. The molecule has 3 unspecified atom stereocenters. The van der Waals surface area contributed by atoms with Crippen molar-refractivity contribution in [2.75, 3.05) is 6.54 Å². The Labute approximate surface area is 128 Å². The number of aromatic nitrogens is 2. The maximum atomic E-state index is 10.4. The molecule has 1 saturated carbocycles. The van der Waals surface area contributed by atoms with E-state index in [1.165, 1.54) is 37.8 Å². The van der Waals surface area contributed by atoms with Crippen molar-refractivity contribution < 1.29 is 5.11 Å². The fourth-order valence-corrected chi connectivity index (χ4v) is 4.25. The predicted octanol–water partition coefficient (Wildman–Crippen LogP) is 2.98. The lowest BCUT2D eigenvalue weighted by Gasteiger charge is -2.37. The van der Waals surface area contributed by atoms with Crippen LogP contribution in [0.15, 0.2) is 12.5 Å². The summed E-state index contributed by atoms with van der Waals surface area (Å²) >= 11 is 0. The van der Waals surface area contributed by atoms with Crippen LogP contribution < -0.4 is 0 Å². The maximum Gasteiger partial charge on any atom is 0.0951 e. The highest BCUT2D eigenvalue weighted by Crippen LogP contribution is 2.35. The van der Waals surface area contributed by atoms with Crippen LogP contribution in [-0.2, 0) is 6.54 Å². The number of aliphatic hydroxyl groups excluding tert-OH is 1. The fourth-order valence-electron chi connectivity index (χ4n) is 4.25. The second-order valence-corrected chi connectivity index (χ2v) is 7.08. The average Bonchev–Trinajstić information content (AvgIpc) is 3.09. The van der Waals surface area contributed by atoms with Crippen LogP contribution in [0.3, 0.4) is 0 Å². The van der Waals surface area contributed by atoms with Crippen LogP contribution in [0.25, 0.3) is 0 Å². The summed E-state index contributed by atoms with van der Waals surface area (Å²) in [5.74, 6) is 0.483. The summed E-state index contributed by atoms with van der Waals surface area (Å²) in [6.45, 7) is 6.55. The third-order valence-corrected chi connectivity index (χ3v) is 5.36. The molecule has 4 nitrogen and oxygen atoms in total. The first-order chi connectivity index (χ1) is 10.2. The number of rotatable bonds is 4. The Morgan fingerprint density at radius 3 is 2.81 bits per heavy atom. The summed E-state index contributed by atoms with van der Waals surface area (Å²) in [6.07, 6.45) is 11.1. The summed E-state index contributed by atoms with van der Waals surface area (Å²) in [6, 6.07) is 1.03. The third-order valence-electron chi connectivity index (χ3n) is 5.36. The molecule has 0 aromatic carbocycles. The van der Waals surface area contributed by atoms with Gasteiger partial charge in [-0.1, -0.05) is 12.8 Å². The number of imidazole rings is 1. The van der Waals surface area contributed by atoms with Gasteiger partial charge in [0.2, 0.25) is 0 Å². The van der Waals surface area contributed by atoms with E-state index in [0.717, 1.165) is 19.5 Å². The molecule has 1 aromatic rings. The second kappa shape index (κ2) is 6.49. The van der Waals surface area contributed by atoms with Crippen molar-refractivity contribution in [1.82, 2.24) is 14.5 Å². The Hall–Kier alpha value is -0.870. The maximum absolute atomic E-state index is 10.4. The largest absolute Gasteiger partial charge is 0.393 e. The van der Waals surface area contributed by atoms with E-state index in [1.54, 1.807) is 0 Å². The van der Waals surface area contributed by atoms with Crippen molar-refractivity contribution in [2.45, 2.75) is 77.1 Å². The lowest BCUT2D eigenvalue weighted by molar-refractivity contribution is 0.0196. The molecule has 1 aromatic heterocycles. The summed E-state index contributed by atoms with van der Waals surface area (Å²) < 4.78 is 2.27. The molecule has 2 aliphatic rings. The van der Waals surface area contributed by atoms with Crippen molar-refractivity contribution in [3.63, 3.8) is 0 Å². The van der Waals surface area contributed by atoms with Crippen molar-refractivity contribution in [3.05, 3.63) is 18.2 Å². The molecule has 0 bridgehead atoms. The van der Waals surface area contributed by atoms with Gasteiger partial charge >= 0.3 is 0 Å². The minimum atomic E-state index is -0.0839. The Balaban J connectivity index is 1.70. The van der Waals surface area contributed by atoms with Crippen molar-refractivity contribution in [1.29, 1.82) is 0 Å². The van der Waals surface area contributed by atoms with Gasteiger partial charge in [-0.15, -0.1) is 0 Å². The zero-order valence-electron chi connectivity index (χ0n) is 13.4. The smallest absolute Gasteiger partial charge is 0.0951 e. The molecule has 4 heteroatoms. The van der Waals surface area contributed by atoms with E-state index in [9.17, 15) is 5.11 Å². The Kier molecular flexibility index (Phi) is 4.65. The van der Waals surface area contributed by atoms with E-state index in [0.29, 0.717) is 18.0 Å². The van der Waals surface area contributed by atoms with E-state index < -0.39 is 0 Å². The monoisotopic (exact) mass is 291 g/mol. The van der Waals surface area contributed by atoms with Crippen LogP contribution in [0.1, 0.15) is 64.1 Å². The summed E-state index contributed by atoms with van der Waals surface area (Å²) in [5.41, 5.74) is 1.31. The van der Waals surface area contributed by atoms with Crippen molar-refractivity contribution >= 4 is 0 Å². The van der Waals surface area contributed by atoms with Gasteiger partial charge in [0, 0.05) is 30.7 Å². The quantitative estimate of drug-likeness (QED) is 0.927. The summed E-state index contributed by atoms with van der Waals surface area (Å²) in [7, 11) is 0. The first-order valence-corrected chi connectivity index (χ1v) is 8.59. The standard InChI is InChI=1S/C17H29N3O/c1-13(2)20-12-18-10-14(20)11-19-9-5-7-16(19)15-6-3-4-8-17(15)21/h10,12-13,15-17,21H,3-9,11H2,1-2H3. The van der Waals surface area contributed by atoms with Gasteiger partial charge in [-0.3, -0.25) is 4.90 Å². The molecule has 0 radical (unpaired) electrons. The number of nitrogens with zero attached hydrogens (tertiary/aromatic N) is 3. The van der Waals surface area contributed by atoms with Gasteiger partial charge in [-0.25, -0.2) is 4.98 Å². The lowest BCUT2D eigenvalue weighted by Crippen LogP contribution is -2.42. The number of hydrogen-bond donors (Lipinski definition) is 1. The van der Waals surface area contributed by atoms with E-state index in [1.807, 2.05) is 12.5 Å². The van der Waals surface area contributed by atoms with Crippen LogP contribution in [-0.4, -0.2) is 38.2 Å². The molecule has 0 spiro atoms. The average molecular weight is 291 g/mol. The molecule has 1 aliphatic heterocycles. The molecule has 118 valence electrons. The van der Waals surface area contributed by atoms with Crippen LogP contribution in [0.4, 0.5) is 0 Å². The minimum absolute atomic E-state index is 0.0839. The zero-order valence-corrected chi connectivity index (χ0v) is 13.4. The normalized spacial score (nSPS) is 31.1. The van der Waals surface area contributed by atoms with Crippen molar-refractivity contribution in [2.24, 2.45) is 5.92 Å². The molecule has 2 heterocycles. The molecular formula is C17H29N3O. The molecular weight excluding hydrogens is 262 g/mol. The molecule has 1 saturated heterocycles. The Bertz CT molecular complexity index is 457. The van der Waals surface area contributed by atoms with Gasteiger partial charge in [-0.2, -0.15) is 0 Å². The van der Waals surface area contributed by atoms with Gasteiger partial charge in [0.05, 0.1) is 18.1 Å². The molecule has 1 N–H and O–H groups in total. The minimum Gasteiger partial charge on any atom is -0.393 e. The highest BCUT2D eigenvalue weighted by atomic mass is 16.3. The Morgan fingerprint density at radius 2 is 2.05 bits per heavy atom. The molecule has 2 fully saturated rings. The molecule has 3 atom stereocenters. The van der Waals surface area contributed by atoms with E-state index in [2.05, 4.69) is 28.3 Å². The number of likely N-dealkylation sites (tertiary alicyclic amines) is 1. The Morgan fingerprint density at radius 1 is 1.24 bits per heavy atom. The SMILES string of the molecule is CC(C)n1cncc1CN1CCCC1C1CCCCC1O. The van der Waals surface area contributed by atoms with Gasteiger partial charge < -0.3 is 9.67 Å². The molecule has 21 heavy (non-hydrogen) atoms. The van der Waals surface area contributed by atoms with E-state index >= 15 is 0 Å². The van der Waals surface area contributed by atoms with E-state index in [4.69, 9.17) is 0 Å². The van der Waals surface area contributed by atoms with Crippen LogP contribution in [0.2, 0.25) is 0 Å². The molecule has 1 aliphatic carbocycles. The fraction of sp³-hybridized carbons (Fsp3) is 0.824. The van der Waals surface area contributed by atoms with Crippen LogP contribution in [0, 0.1) is 5.92 Å². The summed E-state index contributed by atoms with van der Waals surface area (Å²) in [5, 5.41) is 10.4. The first kappa shape index (κ1) is 15.0. The second-order valence-electron chi connectivity index (χ2n) is 7.08. The topological polar surface area (TPSA) is 41.3 Å². The van der Waals surface area contributed by atoms with Gasteiger partial charge in [0.25, 0.3) is 0 Å². The lowest BCUT2D eigenvalue weighted by atomic mass is 9.80. The van der Waals surface area contributed by atoms with Gasteiger partial charge in [0.1, 0.15) is 0 Å². The highest BCUT2D eigenvalue weighted by molar-refractivity contribution is 5.02. The van der Waals surface area contributed by atoms with Gasteiger partial charge in [0.15, 0.2) is 0 Å². The summed E-state index contributed by atoms with van der Waals surface area (Å²) in [4.78, 5) is 6.92. The third kappa shape index (κ3) is 3.16. The van der Waals surface area contributed by atoms with Crippen LogP contribution >= 0.6 is 0 Å². The van der Waals surface area contributed by atoms with Crippen molar-refractivity contribution in [3.8, 4) is 0 Å².